The SMILES string of the molecule is CCOC(=O)c1c(NC(=O)[C@H]2CCCC[C@H]2C(=O)O)sc(C)c1-c1ccc(OC)cc1. The number of aryl methyl sites for hydroxylation is 1. The van der Waals surface area contributed by atoms with E-state index in [-0.39, 0.29) is 12.5 Å². The van der Waals surface area contributed by atoms with Gasteiger partial charge in [0, 0.05) is 10.4 Å². The molecule has 1 aromatic heterocycles. The molecule has 1 saturated carbocycles. The third-order valence-corrected chi connectivity index (χ3v) is 6.62. The molecule has 166 valence electrons. The number of thiophene rings is 1. The Morgan fingerprint density at radius 1 is 1.13 bits per heavy atom. The predicted octanol–water partition coefficient (Wildman–Crippen LogP) is 4.74. The van der Waals surface area contributed by atoms with Gasteiger partial charge < -0.3 is 19.9 Å². The fraction of sp³-hybridized carbons (Fsp3) is 0.435. The number of rotatable bonds is 7. The Balaban J connectivity index is 1.98. The Labute approximate surface area is 185 Å². The summed E-state index contributed by atoms with van der Waals surface area (Å²) < 4.78 is 10.5. The van der Waals surface area contributed by atoms with Gasteiger partial charge in [-0.25, -0.2) is 4.79 Å². The molecule has 1 amide bonds. The summed E-state index contributed by atoms with van der Waals surface area (Å²) in [6.45, 7) is 3.80. The van der Waals surface area contributed by atoms with Crippen LogP contribution < -0.4 is 10.1 Å². The van der Waals surface area contributed by atoms with Gasteiger partial charge in [0.15, 0.2) is 0 Å². The average molecular weight is 446 g/mol. The van der Waals surface area contributed by atoms with E-state index in [9.17, 15) is 19.5 Å². The second-order valence-electron chi connectivity index (χ2n) is 7.51. The maximum absolute atomic E-state index is 13.0. The van der Waals surface area contributed by atoms with E-state index < -0.39 is 23.8 Å². The Morgan fingerprint density at radius 3 is 2.35 bits per heavy atom. The maximum atomic E-state index is 13.0. The Bertz CT molecular complexity index is 965. The van der Waals surface area contributed by atoms with Gasteiger partial charge in [-0.3, -0.25) is 9.59 Å². The van der Waals surface area contributed by atoms with Gasteiger partial charge in [-0.05, 0) is 44.4 Å². The molecule has 3 rings (SSSR count). The third-order valence-electron chi connectivity index (χ3n) is 5.60. The van der Waals surface area contributed by atoms with E-state index in [4.69, 9.17) is 9.47 Å². The molecule has 1 fully saturated rings. The van der Waals surface area contributed by atoms with Gasteiger partial charge in [0.25, 0.3) is 0 Å². The number of anilines is 1. The number of carbonyl (C=O) groups excluding carboxylic acids is 2. The van der Waals surface area contributed by atoms with Crippen molar-refractivity contribution in [2.45, 2.75) is 39.5 Å². The summed E-state index contributed by atoms with van der Waals surface area (Å²) in [5.41, 5.74) is 1.80. The van der Waals surface area contributed by atoms with Crippen molar-refractivity contribution < 1.29 is 29.0 Å². The molecule has 0 saturated heterocycles. The Morgan fingerprint density at radius 2 is 1.77 bits per heavy atom. The smallest absolute Gasteiger partial charge is 0.341 e. The number of carboxylic acids is 1. The lowest BCUT2D eigenvalue weighted by atomic mass is 9.78. The number of esters is 1. The van der Waals surface area contributed by atoms with Crippen molar-refractivity contribution in [2.24, 2.45) is 11.8 Å². The number of ether oxygens (including phenoxy) is 2. The highest BCUT2D eigenvalue weighted by molar-refractivity contribution is 7.17. The minimum atomic E-state index is -0.952. The highest BCUT2D eigenvalue weighted by atomic mass is 32.1. The van der Waals surface area contributed by atoms with Crippen LogP contribution in [-0.2, 0) is 14.3 Å². The molecule has 31 heavy (non-hydrogen) atoms. The van der Waals surface area contributed by atoms with Crippen LogP contribution in [0.25, 0.3) is 11.1 Å². The van der Waals surface area contributed by atoms with Crippen LogP contribution in [0.2, 0.25) is 0 Å². The molecule has 8 heteroatoms. The van der Waals surface area contributed by atoms with Crippen molar-refractivity contribution in [3.8, 4) is 16.9 Å². The lowest BCUT2D eigenvalue weighted by Crippen LogP contribution is -2.36. The van der Waals surface area contributed by atoms with E-state index in [1.54, 1.807) is 26.2 Å². The van der Waals surface area contributed by atoms with Crippen LogP contribution in [0.1, 0.15) is 47.8 Å². The zero-order valence-electron chi connectivity index (χ0n) is 17.9. The number of carbonyl (C=O) groups is 3. The first kappa shape index (κ1) is 22.8. The van der Waals surface area contributed by atoms with Crippen LogP contribution in [0.15, 0.2) is 24.3 Å². The average Bonchev–Trinajstić information content (AvgIpc) is 3.09. The largest absolute Gasteiger partial charge is 0.497 e. The van der Waals surface area contributed by atoms with Gasteiger partial charge in [-0.1, -0.05) is 25.0 Å². The molecule has 0 radical (unpaired) electrons. The highest BCUT2D eigenvalue weighted by Crippen LogP contribution is 2.41. The number of aliphatic carboxylic acids is 1. The minimum Gasteiger partial charge on any atom is -0.497 e. The number of benzene rings is 1. The normalized spacial score (nSPS) is 18.3. The van der Waals surface area contributed by atoms with Crippen molar-refractivity contribution in [3.63, 3.8) is 0 Å². The molecule has 2 atom stereocenters. The fourth-order valence-electron chi connectivity index (χ4n) is 4.08. The molecule has 1 aliphatic rings. The second kappa shape index (κ2) is 9.96. The van der Waals surface area contributed by atoms with Crippen molar-refractivity contribution in [3.05, 3.63) is 34.7 Å². The summed E-state index contributed by atoms with van der Waals surface area (Å²) in [5, 5.41) is 12.8. The molecule has 2 N–H and O–H groups in total. The Kier molecular flexibility index (Phi) is 7.33. The summed E-state index contributed by atoms with van der Waals surface area (Å²) in [5.74, 6) is -2.46. The number of amides is 1. The summed E-state index contributed by atoms with van der Waals surface area (Å²) in [7, 11) is 1.58. The number of hydrogen-bond acceptors (Lipinski definition) is 6. The van der Waals surface area contributed by atoms with Gasteiger partial charge in [0.1, 0.15) is 16.3 Å². The first-order chi connectivity index (χ1) is 14.9. The molecule has 0 unspecified atom stereocenters. The van der Waals surface area contributed by atoms with Gasteiger partial charge >= 0.3 is 11.9 Å². The first-order valence-electron chi connectivity index (χ1n) is 10.4. The second-order valence-corrected chi connectivity index (χ2v) is 8.74. The van der Waals surface area contributed by atoms with Crippen LogP contribution in [0.3, 0.4) is 0 Å². The van der Waals surface area contributed by atoms with Crippen molar-refractivity contribution in [1.29, 1.82) is 0 Å². The summed E-state index contributed by atoms with van der Waals surface area (Å²) in [6, 6.07) is 7.31. The standard InChI is InChI=1S/C23H27NO6S/c1-4-30-23(28)19-18(14-9-11-15(29-3)12-10-14)13(2)31-21(19)24-20(25)16-7-5-6-8-17(16)22(26)27/h9-12,16-17H,4-8H2,1-3H3,(H,24,25)(H,26,27)/t16-,17+/m0/s1. The quantitative estimate of drug-likeness (QED) is 0.597. The molecular weight excluding hydrogens is 418 g/mol. The van der Waals surface area contributed by atoms with E-state index in [1.165, 1.54) is 11.3 Å². The zero-order valence-corrected chi connectivity index (χ0v) is 18.7. The lowest BCUT2D eigenvalue weighted by Gasteiger charge is -2.27. The van der Waals surface area contributed by atoms with E-state index >= 15 is 0 Å². The number of carboxylic acid groups (broad SMARTS) is 1. The van der Waals surface area contributed by atoms with Gasteiger partial charge in [-0.2, -0.15) is 0 Å². The molecule has 7 nitrogen and oxygen atoms in total. The van der Waals surface area contributed by atoms with Crippen molar-refractivity contribution in [1.82, 2.24) is 0 Å². The third kappa shape index (κ3) is 4.90. The van der Waals surface area contributed by atoms with Crippen LogP contribution >= 0.6 is 11.3 Å². The molecule has 0 bridgehead atoms. The summed E-state index contributed by atoms with van der Waals surface area (Å²) in [6.07, 6.45) is 2.62. The van der Waals surface area contributed by atoms with Gasteiger partial charge in [0.05, 0.1) is 25.6 Å². The Hall–Kier alpha value is -2.87. The van der Waals surface area contributed by atoms with E-state index in [0.717, 1.165) is 23.3 Å². The lowest BCUT2D eigenvalue weighted by molar-refractivity contribution is -0.147. The van der Waals surface area contributed by atoms with Gasteiger partial charge in [-0.15, -0.1) is 11.3 Å². The maximum Gasteiger partial charge on any atom is 0.341 e. The van der Waals surface area contributed by atoms with Crippen molar-refractivity contribution >= 4 is 34.2 Å². The first-order valence-corrected chi connectivity index (χ1v) is 11.2. The molecule has 0 spiro atoms. The number of nitrogens with one attached hydrogen (secondary N) is 1. The van der Waals surface area contributed by atoms with Crippen molar-refractivity contribution in [2.75, 3.05) is 19.0 Å². The highest BCUT2D eigenvalue weighted by Gasteiger charge is 2.37. The van der Waals surface area contributed by atoms with E-state index in [2.05, 4.69) is 5.32 Å². The summed E-state index contributed by atoms with van der Waals surface area (Å²) in [4.78, 5) is 38.3. The predicted molar refractivity (Wildman–Crippen MR) is 119 cm³/mol. The molecule has 2 aromatic rings. The number of hydrogen-bond donors (Lipinski definition) is 2. The van der Waals surface area contributed by atoms with Gasteiger partial charge in [0.2, 0.25) is 5.91 Å². The molecular formula is C23H27NO6S. The van der Waals surface area contributed by atoms with Crippen LogP contribution in [0.5, 0.6) is 5.75 Å². The molecule has 1 heterocycles. The zero-order chi connectivity index (χ0) is 22.5. The molecule has 1 aromatic carbocycles. The topological polar surface area (TPSA) is 102 Å². The fourth-order valence-corrected chi connectivity index (χ4v) is 5.15. The van der Waals surface area contributed by atoms with E-state index in [0.29, 0.717) is 34.7 Å². The van der Waals surface area contributed by atoms with E-state index in [1.807, 2.05) is 19.1 Å². The molecule has 1 aliphatic carbocycles. The molecule has 0 aliphatic heterocycles. The summed E-state index contributed by atoms with van der Waals surface area (Å²) >= 11 is 1.29. The monoisotopic (exact) mass is 445 g/mol. The van der Waals surface area contributed by atoms with Crippen LogP contribution in [-0.4, -0.2) is 36.7 Å². The minimum absolute atomic E-state index is 0.201. The van der Waals surface area contributed by atoms with Crippen LogP contribution in [0.4, 0.5) is 5.00 Å². The number of methoxy groups -OCH3 is 1. The van der Waals surface area contributed by atoms with Crippen LogP contribution in [0, 0.1) is 18.8 Å².